The monoisotopic (exact) mass is 272 g/mol. The van der Waals surface area contributed by atoms with Gasteiger partial charge in [0.25, 0.3) is 5.89 Å². The van der Waals surface area contributed by atoms with E-state index in [0.717, 1.165) is 12.1 Å². The number of benzene rings is 1. The first-order valence-corrected chi connectivity index (χ1v) is 6.46. The second-order valence-electron chi connectivity index (χ2n) is 3.40. The number of thioether (sulfide) groups is 1. The Labute approximate surface area is 106 Å². The third kappa shape index (κ3) is 3.19. The summed E-state index contributed by atoms with van der Waals surface area (Å²) in [5.74, 6) is -0.0303. The van der Waals surface area contributed by atoms with E-state index in [1.807, 2.05) is 6.26 Å². The molecule has 4 nitrogen and oxygen atoms in total. The molecule has 1 aromatic carbocycles. The van der Waals surface area contributed by atoms with Gasteiger partial charge in [-0.3, -0.25) is 0 Å². The largest absolute Gasteiger partial charge is 0.481 e. The summed E-state index contributed by atoms with van der Waals surface area (Å²) in [7, 11) is 0. The van der Waals surface area contributed by atoms with Crippen LogP contribution in [-0.4, -0.2) is 16.4 Å². The summed E-state index contributed by atoms with van der Waals surface area (Å²) in [6.07, 6.45) is 1.92. The molecular formula is C11H10F2N2O2S. The van der Waals surface area contributed by atoms with Crippen LogP contribution in [0.1, 0.15) is 11.7 Å². The molecule has 96 valence electrons. The number of nitrogens with zero attached hydrogens (tertiary/aromatic N) is 2. The number of hydrogen-bond donors (Lipinski definition) is 0. The first kappa shape index (κ1) is 12.8. The maximum absolute atomic E-state index is 13.2. The zero-order valence-electron chi connectivity index (χ0n) is 9.52. The Morgan fingerprint density at radius 2 is 2.22 bits per heavy atom. The third-order valence-corrected chi connectivity index (χ3v) is 2.58. The van der Waals surface area contributed by atoms with Gasteiger partial charge in [-0.2, -0.15) is 16.7 Å². The molecule has 2 rings (SSSR count). The van der Waals surface area contributed by atoms with E-state index >= 15 is 0 Å². The lowest BCUT2D eigenvalue weighted by atomic mass is 10.3. The highest BCUT2D eigenvalue weighted by atomic mass is 32.2. The van der Waals surface area contributed by atoms with Crippen LogP contribution in [0, 0.1) is 11.6 Å². The van der Waals surface area contributed by atoms with Crippen molar-refractivity contribution in [3.63, 3.8) is 0 Å². The molecule has 0 unspecified atom stereocenters. The van der Waals surface area contributed by atoms with Crippen LogP contribution >= 0.6 is 11.8 Å². The molecule has 0 fully saturated rings. The molecule has 0 amide bonds. The van der Waals surface area contributed by atoms with Crippen molar-refractivity contribution in [2.75, 3.05) is 6.26 Å². The van der Waals surface area contributed by atoms with E-state index in [1.165, 1.54) is 6.07 Å². The van der Waals surface area contributed by atoms with Gasteiger partial charge in [-0.1, -0.05) is 5.16 Å². The lowest BCUT2D eigenvalue weighted by Crippen LogP contribution is -1.98. The molecule has 1 heterocycles. The van der Waals surface area contributed by atoms with Crippen LogP contribution in [-0.2, 0) is 12.4 Å². The first-order valence-electron chi connectivity index (χ1n) is 5.07. The fourth-order valence-corrected chi connectivity index (χ4v) is 1.64. The predicted molar refractivity (Wildman–Crippen MR) is 62.2 cm³/mol. The van der Waals surface area contributed by atoms with Gasteiger partial charge in [-0.15, -0.1) is 0 Å². The zero-order chi connectivity index (χ0) is 13.0. The number of halogens is 2. The Morgan fingerprint density at radius 1 is 1.39 bits per heavy atom. The minimum Gasteiger partial charge on any atom is -0.481 e. The summed E-state index contributed by atoms with van der Waals surface area (Å²) in [6.45, 7) is -0.0517. The minimum atomic E-state index is -0.765. The van der Waals surface area contributed by atoms with Crippen LogP contribution in [0.2, 0.25) is 0 Å². The molecular weight excluding hydrogens is 262 g/mol. The summed E-state index contributed by atoms with van der Waals surface area (Å²) < 4.78 is 35.9. The molecule has 0 spiro atoms. The Kier molecular flexibility index (Phi) is 4.14. The topological polar surface area (TPSA) is 48.2 Å². The van der Waals surface area contributed by atoms with E-state index in [-0.39, 0.29) is 18.2 Å². The minimum absolute atomic E-state index is 0.0517. The van der Waals surface area contributed by atoms with Crippen molar-refractivity contribution < 1.29 is 18.0 Å². The van der Waals surface area contributed by atoms with Gasteiger partial charge in [0.05, 0.1) is 5.75 Å². The average molecular weight is 272 g/mol. The standard InChI is InChI=1S/C11H10F2N2O2S/c1-18-6-10-14-11(17-15-10)5-16-9-3-2-7(12)4-8(9)13/h2-4H,5-6H2,1H3. The number of rotatable bonds is 5. The van der Waals surface area contributed by atoms with E-state index in [4.69, 9.17) is 9.26 Å². The highest BCUT2D eigenvalue weighted by Gasteiger charge is 2.09. The third-order valence-electron chi connectivity index (χ3n) is 2.03. The number of ether oxygens (including phenoxy) is 1. The van der Waals surface area contributed by atoms with Crippen molar-refractivity contribution in [1.82, 2.24) is 10.1 Å². The van der Waals surface area contributed by atoms with Gasteiger partial charge in [0.2, 0.25) is 0 Å². The molecule has 0 aliphatic heterocycles. The van der Waals surface area contributed by atoms with Crippen LogP contribution in [0.5, 0.6) is 5.75 Å². The number of hydrogen-bond acceptors (Lipinski definition) is 5. The summed E-state index contributed by atoms with van der Waals surface area (Å²) in [5.41, 5.74) is 0. The van der Waals surface area contributed by atoms with Crippen LogP contribution in [0.3, 0.4) is 0 Å². The molecule has 0 saturated heterocycles. The van der Waals surface area contributed by atoms with Gasteiger partial charge in [-0.05, 0) is 18.4 Å². The molecule has 7 heteroatoms. The van der Waals surface area contributed by atoms with E-state index in [9.17, 15) is 8.78 Å². The lowest BCUT2D eigenvalue weighted by Gasteiger charge is -2.03. The lowest BCUT2D eigenvalue weighted by molar-refractivity contribution is 0.233. The van der Waals surface area contributed by atoms with E-state index in [0.29, 0.717) is 11.6 Å². The Hall–Kier alpha value is -1.63. The smallest absolute Gasteiger partial charge is 0.264 e. The second kappa shape index (κ2) is 5.81. The van der Waals surface area contributed by atoms with Gasteiger partial charge in [-0.25, -0.2) is 8.78 Å². The molecule has 0 aliphatic rings. The Bertz CT molecular complexity index is 534. The van der Waals surface area contributed by atoms with E-state index in [2.05, 4.69) is 10.1 Å². The van der Waals surface area contributed by atoms with Crippen LogP contribution in [0.4, 0.5) is 8.78 Å². The van der Waals surface area contributed by atoms with Gasteiger partial charge >= 0.3 is 0 Å². The quantitative estimate of drug-likeness (QED) is 0.837. The molecule has 0 N–H and O–H groups in total. The molecule has 1 aromatic heterocycles. The summed E-state index contributed by atoms with van der Waals surface area (Å²) in [5, 5.41) is 3.71. The summed E-state index contributed by atoms with van der Waals surface area (Å²) in [6, 6.07) is 3.08. The number of aromatic nitrogens is 2. The molecule has 0 bridgehead atoms. The fourth-order valence-electron chi connectivity index (χ4n) is 1.27. The van der Waals surface area contributed by atoms with Crippen molar-refractivity contribution in [3.05, 3.63) is 41.5 Å². The normalized spacial score (nSPS) is 10.6. The molecule has 0 aliphatic carbocycles. The maximum atomic E-state index is 13.2. The first-order chi connectivity index (χ1) is 8.69. The highest BCUT2D eigenvalue weighted by molar-refractivity contribution is 7.97. The summed E-state index contributed by atoms with van der Waals surface area (Å²) >= 11 is 1.56. The molecule has 2 aromatic rings. The van der Waals surface area contributed by atoms with Gasteiger partial charge in [0, 0.05) is 6.07 Å². The van der Waals surface area contributed by atoms with Gasteiger partial charge < -0.3 is 9.26 Å². The van der Waals surface area contributed by atoms with Crippen LogP contribution < -0.4 is 4.74 Å². The van der Waals surface area contributed by atoms with Crippen molar-refractivity contribution in [2.45, 2.75) is 12.4 Å². The van der Waals surface area contributed by atoms with Crippen molar-refractivity contribution >= 4 is 11.8 Å². The molecule has 0 radical (unpaired) electrons. The van der Waals surface area contributed by atoms with Gasteiger partial charge in [0.15, 0.2) is 24.0 Å². The zero-order valence-corrected chi connectivity index (χ0v) is 10.3. The Morgan fingerprint density at radius 3 is 2.94 bits per heavy atom. The van der Waals surface area contributed by atoms with Gasteiger partial charge in [0.1, 0.15) is 5.82 Å². The molecule has 0 saturated carbocycles. The average Bonchev–Trinajstić information content (AvgIpc) is 2.76. The molecule has 18 heavy (non-hydrogen) atoms. The predicted octanol–water partition coefficient (Wildman–Crippen LogP) is 2.79. The molecule has 0 atom stereocenters. The Balaban J connectivity index is 1.97. The summed E-state index contributed by atoms with van der Waals surface area (Å²) in [4.78, 5) is 4.04. The van der Waals surface area contributed by atoms with Crippen molar-refractivity contribution in [2.24, 2.45) is 0 Å². The van der Waals surface area contributed by atoms with Crippen molar-refractivity contribution in [1.29, 1.82) is 0 Å². The van der Waals surface area contributed by atoms with Crippen LogP contribution in [0.15, 0.2) is 22.7 Å². The maximum Gasteiger partial charge on any atom is 0.264 e. The highest BCUT2D eigenvalue weighted by Crippen LogP contribution is 2.18. The van der Waals surface area contributed by atoms with E-state index in [1.54, 1.807) is 11.8 Å². The van der Waals surface area contributed by atoms with Crippen molar-refractivity contribution in [3.8, 4) is 5.75 Å². The second-order valence-corrected chi connectivity index (χ2v) is 4.27. The fraction of sp³-hybridized carbons (Fsp3) is 0.273. The van der Waals surface area contributed by atoms with Crippen LogP contribution in [0.25, 0.3) is 0 Å². The van der Waals surface area contributed by atoms with E-state index < -0.39 is 11.6 Å². The SMILES string of the molecule is CSCc1noc(COc2ccc(F)cc2F)n1.